The molecule has 1 aromatic carbocycles. The van der Waals surface area contributed by atoms with Gasteiger partial charge in [-0.3, -0.25) is 0 Å². The molecule has 0 fully saturated rings. The molecular weight excluding hydrogens is 272 g/mol. The topological polar surface area (TPSA) is 34.1 Å². The number of aromatic nitrogens is 1. The van der Waals surface area contributed by atoms with E-state index in [-0.39, 0.29) is 0 Å². The fraction of sp³-hybridized carbons (Fsp3) is 0.312. The average molecular weight is 291 g/mol. The molecule has 0 saturated heterocycles. The van der Waals surface area contributed by atoms with Crippen LogP contribution in [0.3, 0.4) is 0 Å². The van der Waals surface area contributed by atoms with E-state index in [1.165, 1.54) is 0 Å². The van der Waals surface area contributed by atoms with Crippen molar-refractivity contribution in [1.29, 1.82) is 0 Å². The molecule has 2 aromatic rings. The number of anilines is 1. The van der Waals surface area contributed by atoms with Gasteiger partial charge in [0.15, 0.2) is 0 Å². The van der Waals surface area contributed by atoms with Crippen LogP contribution < -0.4 is 10.1 Å². The van der Waals surface area contributed by atoms with Crippen LogP contribution in [0.5, 0.6) is 5.75 Å². The molecule has 0 spiro atoms. The molecule has 1 N–H and O–H groups in total. The van der Waals surface area contributed by atoms with Crippen molar-refractivity contribution in [2.75, 3.05) is 11.9 Å². The molecular formula is C16H19ClN2O. The fourth-order valence-electron chi connectivity index (χ4n) is 1.80. The average Bonchev–Trinajstić information content (AvgIpc) is 2.45. The molecule has 20 heavy (non-hydrogen) atoms. The lowest BCUT2D eigenvalue weighted by molar-refractivity contribution is 0.303. The molecule has 3 nitrogen and oxygen atoms in total. The molecule has 0 radical (unpaired) electrons. The van der Waals surface area contributed by atoms with Gasteiger partial charge in [-0.05, 0) is 43.2 Å². The van der Waals surface area contributed by atoms with Crippen molar-refractivity contribution >= 4 is 17.4 Å². The first-order valence-electron chi connectivity index (χ1n) is 6.77. The molecule has 1 heterocycles. The van der Waals surface area contributed by atoms with Crippen molar-refractivity contribution in [3.63, 3.8) is 0 Å². The third-order valence-electron chi connectivity index (χ3n) is 2.91. The van der Waals surface area contributed by atoms with Crippen LogP contribution in [0.4, 0.5) is 5.82 Å². The number of benzene rings is 1. The van der Waals surface area contributed by atoms with E-state index in [2.05, 4.69) is 17.2 Å². The van der Waals surface area contributed by atoms with Crippen molar-refractivity contribution in [3.8, 4) is 5.75 Å². The van der Waals surface area contributed by atoms with Crippen LogP contribution in [0.1, 0.15) is 24.5 Å². The van der Waals surface area contributed by atoms with E-state index >= 15 is 0 Å². The third kappa shape index (κ3) is 4.14. The second kappa shape index (κ2) is 7.15. The summed E-state index contributed by atoms with van der Waals surface area (Å²) in [7, 11) is 0. The summed E-state index contributed by atoms with van der Waals surface area (Å²) in [5.41, 5.74) is 2.08. The summed E-state index contributed by atoms with van der Waals surface area (Å²) in [6.45, 7) is 5.55. The van der Waals surface area contributed by atoms with Crippen LogP contribution in [-0.4, -0.2) is 11.5 Å². The highest BCUT2D eigenvalue weighted by Gasteiger charge is 2.02. The number of rotatable bonds is 6. The standard InChI is InChI=1S/C16H19ClN2O/c1-3-8-18-16-7-4-13(10-19-16)11-20-15-6-5-14(17)9-12(15)2/h4-7,9-10H,3,8,11H2,1-2H3,(H,18,19). The lowest BCUT2D eigenvalue weighted by atomic mass is 10.2. The predicted octanol–water partition coefficient (Wildman–Crippen LogP) is 4.44. The van der Waals surface area contributed by atoms with E-state index in [9.17, 15) is 0 Å². The van der Waals surface area contributed by atoms with Crippen molar-refractivity contribution in [2.24, 2.45) is 0 Å². The lowest BCUT2D eigenvalue weighted by Gasteiger charge is -2.10. The van der Waals surface area contributed by atoms with E-state index in [1.54, 1.807) is 0 Å². The summed E-state index contributed by atoms with van der Waals surface area (Å²) in [5, 5.41) is 3.97. The van der Waals surface area contributed by atoms with Gasteiger partial charge in [-0.2, -0.15) is 0 Å². The summed E-state index contributed by atoms with van der Waals surface area (Å²) >= 11 is 5.92. The summed E-state index contributed by atoms with van der Waals surface area (Å²) in [5.74, 6) is 1.75. The van der Waals surface area contributed by atoms with Crippen molar-refractivity contribution in [1.82, 2.24) is 4.98 Å². The maximum Gasteiger partial charge on any atom is 0.125 e. The molecule has 0 atom stereocenters. The summed E-state index contributed by atoms with van der Waals surface area (Å²) in [6.07, 6.45) is 2.92. The smallest absolute Gasteiger partial charge is 0.125 e. The zero-order valence-electron chi connectivity index (χ0n) is 11.8. The Labute approximate surface area is 124 Å². The first-order chi connectivity index (χ1) is 9.69. The molecule has 0 unspecified atom stereocenters. The van der Waals surface area contributed by atoms with Crippen LogP contribution in [0.2, 0.25) is 5.02 Å². The monoisotopic (exact) mass is 290 g/mol. The predicted molar refractivity (Wildman–Crippen MR) is 83.5 cm³/mol. The Kier molecular flexibility index (Phi) is 5.24. The molecule has 0 aliphatic carbocycles. The molecule has 2 rings (SSSR count). The van der Waals surface area contributed by atoms with Gasteiger partial charge in [-0.1, -0.05) is 24.6 Å². The van der Waals surface area contributed by atoms with E-state index in [0.29, 0.717) is 6.61 Å². The van der Waals surface area contributed by atoms with Gasteiger partial charge >= 0.3 is 0 Å². The minimum absolute atomic E-state index is 0.504. The summed E-state index contributed by atoms with van der Waals surface area (Å²) < 4.78 is 5.78. The number of hydrogen-bond donors (Lipinski definition) is 1. The first-order valence-corrected chi connectivity index (χ1v) is 7.14. The van der Waals surface area contributed by atoms with Crippen molar-refractivity contribution in [2.45, 2.75) is 26.9 Å². The second-order valence-corrected chi connectivity index (χ2v) is 5.11. The molecule has 106 valence electrons. The quantitative estimate of drug-likeness (QED) is 0.854. The number of nitrogens with one attached hydrogen (secondary N) is 1. The Morgan fingerprint density at radius 1 is 1.25 bits per heavy atom. The van der Waals surface area contributed by atoms with Gasteiger partial charge in [0.05, 0.1) is 0 Å². The van der Waals surface area contributed by atoms with Crippen LogP contribution in [0, 0.1) is 6.92 Å². The Bertz CT molecular complexity index is 555. The molecule has 0 aliphatic heterocycles. The van der Waals surface area contributed by atoms with Gasteiger partial charge in [0.2, 0.25) is 0 Å². The molecule has 1 aromatic heterocycles. The van der Waals surface area contributed by atoms with Gasteiger partial charge in [0, 0.05) is 23.3 Å². The van der Waals surface area contributed by atoms with E-state index in [1.807, 2.05) is 43.5 Å². The Hall–Kier alpha value is -1.74. The maximum absolute atomic E-state index is 5.92. The van der Waals surface area contributed by atoms with Crippen molar-refractivity contribution < 1.29 is 4.74 Å². The van der Waals surface area contributed by atoms with Crippen LogP contribution in [0.15, 0.2) is 36.5 Å². The van der Waals surface area contributed by atoms with E-state index in [0.717, 1.165) is 40.7 Å². The number of aryl methyl sites for hydroxylation is 1. The number of hydrogen-bond acceptors (Lipinski definition) is 3. The summed E-state index contributed by atoms with van der Waals surface area (Å²) in [6, 6.07) is 9.62. The normalized spacial score (nSPS) is 10.3. The largest absolute Gasteiger partial charge is 0.489 e. The molecule has 0 aliphatic rings. The first kappa shape index (κ1) is 14.7. The minimum atomic E-state index is 0.504. The minimum Gasteiger partial charge on any atom is -0.489 e. The number of nitrogens with zero attached hydrogens (tertiary/aromatic N) is 1. The highest BCUT2D eigenvalue weighted by atomic mass is 35.5. The highest BCUT2D eigenvalue weighted by Crippen LogP contribution is 2.22. The van der Waals surface area contributed by atoms with Crippen LogP contribution in [0.25, 0.3) is 0 Å². The van der Waals surface area contributed by atoms with E-state index < -0.39 is 0 Å². The fourth-order valence-corrected chi connectivity index (χ4v) is 2.03. The van der Waals surface area contributed by atoms with Crippen molar-refractivity contribution in [3.05, 3.63) is 52.7 Å². The highest BCUT2D eigenvalue weighted by molar-refractivity contribution is 6.30. The number of ether oxygens (including phenoxy) is 1. The zero-order valence-corrected chi connectivity index (χ0v) is 12.6. The molecule has 0 saturated carbocycles. The third-order valence-corrected chi connectivity index (χ3v) is 3.15. The lowest BCUT2D eigenvalue weighted by Crippen LogP contribution is -2.03. The summed E-state index contributed by atoms with van der Waals surface area (Å²) in [4.78, 5) is 4.35. The number of halogens is 1. The van der Waals surface area contributed by atoms with Crippen LogP contribution in [-0.2, 0) is 6.61 Å². The Morgan fingerprint density at radius 3 is 2.75 bits per heavy atom. The molecule has 0 amide bonds. The maximum atomic E-state index is 5.92. The SMILES string of the molecule is CCCNc1ccc(COc2ccc(Cl)cc2C)cn1. The Morgan fingerprint density at radius 2 is 2.10 bits per heavy atom. The van der Waals surface area contributed by atoms with E-state index in [4.69, 9.17) is 16.3 Å². The Balaban J connectivity index is 1.93. The van der Waals surface area contributed by atoms with Gasteiger partial charge in [0.1, 0.15) is 18.2 Å². The van der Waals surface area contributed by atoms with Gasteiger partial charge in [-0.25, -0.2) is 4.98 Å². The van der Waals surface area contributed by atoms with Gasteiger partial charge in [0.25, 0.3) is 0 Å². The molecule has 0 bridgehead atoms. The van der Waals surface area contributed by atoms with Crippen LogP contribution >= 0.6 is 11.6 Å². The second-order valence-electron chi connectivity index (χ2n) is 4.68. The molecule has 4 heteroatoms. The van der Waals surface area contributed by atoms with Gasteiger partial charge in [-0.15, -0.1) is 0 Å². The number of pyridine rings is 1. The zero-order chi connectivity index (χ0) is 14.4. The van der Waals surface area contributed by atoms with Gasteiger partial charge < -0.3 is 10.1 Å².